The summed E-state index contributed by atoms with van der Waals surface area (Å²) in [7, 11) is 0. The molecule has 0 spiro atoms. The first-order valence-corrected chi connectivity index (χ1v) is 8.90. The second kappa shape index (κ2) is 4.42. The van der Waals surface area contributed by atoms with Gasteiger partial charge in [-0.3, -0.25) is 0 Å². The smallest absolute Gasteiger partial charge is 0.237 e. The third-order valence-corrected chi connectivity index (χ3v) is 4.81. The topological polar surface area (TPSA) is 17.8 Å². The van der Waals surface area contributed by atoms with E-state index in [0.717, 1.165) is 6.07 Å². The van der Waals surface area contributed by atoms with Gasteiger partial charge in [0.1, 0.15) is 0 Å². The highest BCUT2D eigenvalue weighted by Crippen LogP contribution is 2.40. The van der Waals surface area contributed by atoms with E-state index in [1.54, 1.807) is 4.45 Å². The van der Waals surface area contributed by atoms with Crippen LogP contribution in [0.4, 0.5) is 13.2 Å². The van der Waals surface area contributed by atoms with Crippen LogP contribution in [0.25, 0.3) is 10.9 Å². The number of halogens is 5. The van der Waals surface area contributed by atoms with Gasteiger partial charge in [-0.1, -0.05) is 0 Å². The lowest BCUT2D eigenvalue weighted by Crippen LogP contribution is -2.05. The summed E-state index contributed by atoms with van der Waals surface area (Å²) in [5, 5.41) is 4.51. The van der Waals surface area contributed by atoms with E-state index >= 15 is 0 Å². The number of hydrogen-bond donors (Lipinski definition) is 0. The van der Waals surface area contributed by atoms with Crippen molar-refractivity contribution in [1.29, 1.82) is 0 Å². The van der Waals surface area contributed by atoms with E-state index in [1.807, 2.05) is 0 Å². The first-order valence-electron chi connectivity index (χ1n) is 4.05. The molecule has 1 unspecified atom stereocenters. The highest BCUT2D eigenvalue weighted by atomic mass is 127. The van der Waals surface area contributed by atoms with Crippen molar-refractivity contribution in [3.05, 3.63) is 28.4 Å². The first kappa shape index (κ1) is 12.6. The molecule has 0 N–H and O–H groups in total. The molecule has 0 bridgehead atoms. The summed E-state index contributed by atoms with van der Waals surface area (Å²) in [6, 6.07) is 2.52. The van der Waals surface area contributed by atoms with Gasteiger partial charge >= 0.3 is 6.18 Å². The largest absolute Gasteiger partial charge is 0.417 e. The van der Waals surface area contributed by atoms with E-state index in [0.29, 0.717) is 17.3 Å². The number of hydrogen-bond acceptors (Lipinski definition) is 1. The van der Waals surface area contributed by atoms with Crippen LogP contribution in [-0.2, 0) is 6.18 Å². The quantitative estimate of drug-likeness (QED) is 0.484. The van der Waals surface area contributed by atoms with Crippen LogP contribution in [0.5, 0.6) is 0 Å². The molecule has 0 amide bonds. The average molecular weight is 423 g/mol. The van der Waals surface area contributed by atoms with Crippen LogP contribution in [0.15, 0.2) is 22.8 Å². The number of alkyl halides is 3. The lowest BCUT2D eigenvalue weighted by atomic mass is 10.1. The molecule has 0 fully saturated rings. The minimum absolute atomic E-state index is 0.0541. The number of rotatable bonds is 1. The second-order valence-electron chi connectivity index (χ2n) is 3.00. The van der Waals surface area contributed by atoms with Gasteiger partial charge < -0.3 is 0 Å². The number of aromatic nitrogens is 2. The van der Waals surface area contributed by atoms with Crippen LogP contribution >= 0.6 is 44.3 Å². The molecule has 2 aromatic rings. The van der Waals surface area contributed by atoms with E-state index in [9.17, 15) is 13.2 Å². The molecule has 8 heteroatoms. The number of benzene rings is 1. The van der Waals surface area contributed by atoms with Crippen LogP contribution in [-0.4, -0.2) is 9.55 Å². The lowest BCUT2D eigenvalue weighted by Gasteiger charge is -2.09. The molecule has 0 aliphatic heterocycles. The predicted octanol–water partition coefficient (Wildman–Crippen LogP) is 4.61. The van der Waals surface area contributed by atoms with Gasteiger partial charge in [-0.05, 0) is 50.1 Å². The zero-order valence-electron chi connectivity index (χ0n) is 7.52. The fraction of sp³-hybridized carbons (Fsp3) is 0.125. The monoisotopic (exact) mass is 422 g/mol. The first-order chi connectivity index (χ1) is 7.45. The standard InChI is InChI=1S/C8H4BrF3IN2P/c9-7-4-3-14-15(16-13)6(4)2-1-5(7)8(10,11)12/h1-3,16H. The molecular formula is C8H4BrF3IN2P. The van der Waals surface area contributed by atoms with Crippen molar-refractivity contribution < 1.29 is 13.2 Å². The zero-order chi connectivity index (χ0) is 11.9. The van der Waals surface area contributed by atoms with E-state index in [2.05, 4.69) is 43.1 Å². The summed E-state index contributed by atoms with van der Waals surface area (Å²) >= 11 is 5.11. The van der Waals surface area contributed by atoms with Gasteiger partial charge in [0.05, 0.1) is 23.7 Å². The Morgan fingerprint density at radius 2 is 2.06 bits per heavy atom. The maximum atomic E-state index is 12.6. The number of nitrogens with zero attached hydrogens (tertiary/aromatic N) is 2. The van der Waals surface area contributed by atoms with Crippen molar-refractivity contribution in [2.24, 2.45) is 0 Å². The third-order valence-electron chi connectivity index (χ3n) is 2.07. The molecule has 0 saturated heterocycles. The number of fused-ring (bicyclic) bond motifs is 1. The van der Waals surface area contributed by atoms with E-state index < -0.39 is 11.7 Å². The molecule has 16 heavy (non-hydrogen) atoms. The van der Waals surface area contributed by atoms with Crippen LogP contribution in [0, 0.1) is 0 Å². The molecule has 1 atom stereocenters. The van der Waals surface area contributed by atoms with Gasteiger partial charge in [-0.25, -0.2) is 4.45 Å². The van der Waals surface area contributed by atoms with Crippen LogP contribution in [0.1, 0.15) is 5.56 Å². The maximum Gasteiger partial charge on any atom is 0.417 e. The molecule has 0 radical (unpaired) electrons. The molecule has 2 nitrogen and oxygen atoms in total. The Morgan fingerprint density at radius 1 is 1.38 bits per heavy atom. The van der Waals surface area contributed by atoms with Gasteiger partial charge in [0.25, 0.3) is 0 Å². The van der Waals surface area contributed by atoms with Crippen molar-refractivity contribution in [3.63, 3.8) is 0 Å². The van der Waals surface area contributed by atoms with Crippen molar-refractivity contribution >= 4 is 55.2 Å². The molecule has 2 rings (SSSR count). The van der Waals surface area contributed by atoms with Gasteiger partial charge in [0, 0.05) is 9.86 Å². The Balaban J connectivity index is 2.72. The Kier molecular flexibility index (Phi) is 3.47. The minimum Gasteiger partial charge on any atom is -0.237 e. The van der Waals surface area contributed by atoms with Crippen LogP contribution < -0.4 is 0 Å². The molecule has 0 aliphatic rings. The van der Waals surface area contributed by atoms with Gasteiger partial charge in [-0.15, -0.1) is 0 Å². The maximum absolute atomic E-state index is 12.6. The summed E-state index contributed by atoms with van der Waals surface area (Å²) in [4.78, 5) is 0. The van der Waals surface area contributed by atoms with Crippen LogP contribution in [0.3, 0.4) is 0 Å². The normalized spacial score (nSPS) is 13.1. The Bertz CT molecular complexity index is 540. The fourth-order valence-corrected chi connectivity index (χ4v) is 3.56. The Hall–Kier alpha value is 0.120. The fourth-order valence-electron chi connectivity index (χ4n) is 1.35. The lowest BCUT2D eigenvalue weighted by molar-refractivity contribution is -0.138. The molecule has 0 saturated carbocycles. The summed E-state index contributed by atoms with van der Waals surface area (Å²) < 4.78 is 39.5. The Morgan fingerprint density at radius 3 is 2.62 bits per heavy atom. The summed E-state index contributed by atoms with van der Waals surface area (Å²) in [6.45, 7) is 0. The van der Waals surface area contributed by atoms with Crippen molar-refractivity contribution in [1.82, 2.24) is 9.55 Å². The molecule has 86 valence electrons. The van der Waals surface area contributed by atoms with Crippen molar-refractivity contribution in [2.45, 2.75) is 6.18 Å². The summed E-state index contributed by atoms with van der Waals surface area (Å²) in [5.74, 6) is 0. The highest BCUT2D eigenvalue weighted by molar-refractivity contribution is 14.2. The van der Waals surface area contributed by atoms with Crippen molar-refractivity contribution in [2.75, 3.05) is 0 Å². The molecular weight excluding hydrogens is 419 g/mol. The van der Waals surface area contributed by atoms with Gasteiger partial charge in [-0.2, -0.15) is 18.3 Å². The SMILES string of the molecule is FC(F)(F)c1ccc2c(cnn2PI)c1Br. The molecule has 1 heterocycles. The van der Waals surface area contributed by atoms with E-state index in [4.69, 9.17) is 0 Å². The Labute approximate surface area is 112 Å². The van der Waals surface area contributed by atoms with Crippen molar-refractivity contribution in [3.8, 4) is 0 Å². The zero-order valence-corrected chi connectivity index (χ0v) is 12.3. The van der Waals surface area contributed by atoms with Gasteiger partial charge in [0.2, 0.25) is 0 Å². The van der Waals surface area contributed by atoms with Gasteiger partial charge in [0.15, 0.2) is 0 Å². The van der Waals surface area contributed by atoms with E-state index in [1.165, 1.54) is 12.3 Å². The second-order valence-corrected chi connectivity index (χ2v) is 5.83. The summed E-state index contributed by atoms with van der Waals surface area (Å²) in [6.07, 6.45) is -2.54. The molecule has 1 aromatic heterocycles. The third kappa shape index (κ3) is 2.09. The molecule has 1 aromatic carbocycles. The minimum atomic E-state index is -4.35. The summed E-state index contributed by atoms with van der Waals surface area (Å²) in [5.41, 5.74) is 0.0314. The molecule has 0 aliphatic carbocycles. The van der Waals surface area contributed by atoms with Crippen LogP contribution in [0.2, 0.25) is 0 Å². The predicted molar refractivity (Wildman–Crippen MR) is 70.2 cm³/mol. The average Bonchev–Trinajstić information content (AvgIpc) is 2.60. The highest BCUT2D eigenvalue weighted by Gasteiger charge is 2.33. The van der Waals surface area contributed by atoms with E-state index in [-0.39, 0.29) is 4.47 Å².